The van der Waals surface area contributed by atoms with Gasteiger partial charge in [0, 0.05) is 6.61 Å². The second-order valence-corrected chi connectivity index (χ2v) is 3.95. The molecule has 1 radical (unpaired) electrons. The predicted molar refractivity (Wildman–Crippen MR) is 37.5 cm³/mol. The third-order valence-electron chi connectivity index (χ3n) is 1.27. The van der Waals surface area contributed by atoms with Crippen molar-refractivity contribution in [3.8, 4) is 0 Å². The Hall–Kier alpha value is 0.110. The molecule has 1 unspecified atom stereocenters. The highest BCUT2D eigenvalue weighted by atomic mass is 31.2. The van der Waals surface area contributed by atoms with E-state index in [9.17, 15) is 4.57 Å². The quantitative estimate of drug-likeness (QED) is 0.520. The molecule has 0 spiro atoms. The minimum Gasteiger partial charge on any atom is -0.396 e. The molecule has 4 nitrogen and oxygen atoms in total. The van der Waals surface area contributed by atoms with Gasteiger partial charge in [-0.3, -0.25) is 4.57 Å². The van der Waals surface area contributed by atoms with Crippen LogP contribution in [0, 0.1) is 6.92 Å². The van der Waals surface area contributed by atoms with Crippen molar-refractivity contribution in [2.24, 2.45) is 0 Å². The fourth-order valence-electron chi connectivity index (χ4n) is 0.630. The van der Waals surface area contributed by atoms with Crippen LogP contribution in [0.5, 0.6) is 0 Å². The SMILES string of the molecule is [CH2]CC(CCO)P(=O)(O)O. The average molecular weight is 167 g/mol. The standard InChI is InChI=1S/C5H12O4P/c1-2-5(3-4-6)10(7,8)9/h5-6H,1-4H2,(H2,7,8,9). The van der Waals surface area contributed by atoms with Crippen molar-refractivity contribution in [3.05, 3.63) is 6.92 Å². The van der Waals surface area contributed by atoms with Gasteiger partial charge in [-0.1, -0.05) is 6.92 Å². The smallest absolute Gasteiger partial charge is 0.328 e. The Labute approximate surface area is 60.0 Å². The first-order valence-electron chi connectivity index (χ1n) is 2.97. The van der Waals surface area contributed by atoms with Gasteiger partial charge in [0.05, 0.1) is 5.66 Å². The molecule has 0 aliphatic rings. The second kappa shape index (κ2) is 4.09. The van der Waals surface area contributed by atoms with Gasteiger partial charge in [0.25, 0.3) is 0 Å². The highest BCUT2D eigenvalue weighted by Gasteiger charge is 2.25. The lowest BCUT2D eigenvalue weighted by Gasteiger charge is -2.14. The zero-order chi connectivity index (χ0) is 8.20. The maximum Gasteiger partial charge on any atom is 0.328 e. The minimum atomic E-state index is -4.01. The summed E-state index contributed by atoms with van der Waals surface area (Å²) in [6, 6.07) is 0. The van der Waals surface area contributed by atoms with Gasteiger partial charge in [0.15, 0.2) is 0 Å². The highest BCUT2D eigenvalue weighted by molar-refractivity contribution is 7.52. The van der Waals surface area contributed by atoms with E-state index in [1.165, 1.54) is 0 Å². The molecule has 0 saturated carbocycles. The second-order valence-electron chi connectivity index (χ2n) is 2.04. The zero-order valence-electron chi connectivity index (χ0n) is 5.60. The molecule has 0 fully saturated rings. The third kappa shape index (κ3) is 3.32. The van der Waals surface area contributed by atoms with Gasteiger partial charge in [0.1, 0.15) is 0 Å². The van der Waals surface area contributed by atoms with E-state index in [0.717, 1.165) is 0 Å². The lowest BCUT2D eigenvalue weighted by molar-refractivity contribution is 0.273. The first-order valence-corrected chi connectivity index (χ1v) is 4.66. The summed E-state index contributed by atoms with van der Waals surface area (Å²) in [7, 11) is -4.01. The highest BCUT2D eigenvalue weighted by Crippen LogP contribution is 2.44. The van der Waals surface area contributed by atoms with E-state index in [0.29, 0.717) is 0 Å². The van der Waals surface area contributed by atoms with Gasteiger partial charge < -0.3 is 14.9 Å². The molecule has 0 aliphatic heterocycles. The molecule has 0 aromatic carbocycles. The van der Waals surface area contributed by atoms with Gasteiger partial charge in [-0.15, -0.1) is 0 Å². The lowest BCUT2D eigenvalue weighted by Crippen LogP contribution is -2.08. The van der Waals surface area contributed by atoms with Crippen LogP contribution in [0.3, 0.4) is 0 Å². The number of hydrogen-bond acceptors (Lipinski definition) is 2. The first-order chi connectivity index (χ1) is 4.52. The largest absolute Gasteiger partial charge is 0.396 e. The van der Waals surface area contributed by atoms with Crippen LogP contribution in [0.2, 0.25) is 0 Å². The van der Waals surface area contributed by atoms with Crippen LogP contribution in [-0.2, 0) is 4.57 Å². The van der Waals surface area contributed by atoms with Crippen molar-refractivity contribution < 1.29 is 19.5 Å². The monoisotopic (exact) mass is 167 g/mol. The predicted octanol–water partition coefficient (Wildman–Crippen LogP) is 0.139. The number of aliphatic hydroxyl groups is 1. The van der Waals surface area contributed by atoms with Gasteiger partial charge in [-0.05, 0) is 12.8 Å². The van der Waals surface area contributed by atoms with Crippen LogP contribution >= 0.6 is 7.60 Å². The Morgan fingerprint density at radius 3 is 2.10 bits per heavy atom. The molecule has 0 rings (SSSR count). The van der Waals surface area contributed by atoms with Crippen LogP contribution in [0.4, 0.5) is 0 Å². The van der Waals surface area contributed by atoms with Gasteiger partial charge >= 0.3 is 7.60 Å². The summed E-state index contributed by atoms with van der Waals surface area (Å²) < 4.78 is 10.5. The van der Waals surface area contributed by atoms with Crippen molar-refractivity contribution in [2.75, 3.05) is 6.61 Å². The molecule has 0 aromatic rings. The van der Waals surface area contributed by atoms with E-state index >= 15 is 0 Å². The van der Waals surface area contributed by atoms with E-state index < -0.39 is 13.3 Å². The summed E-state index contributed by atoms with van der Waals surface area (Å²) in [5, 5.41) is 8.36. The number of hydrogen-bond donors (Lipinski definition) is 3. The fourth-order valence-corrected chi connectivity index (χ4v) is 1.42. The van der Waals surface area contributed by atoms with Crippen LogP contribution in [0.15, 0.2) is 0 Å². The summed E-state index contributed by atoms with van der Waals surface area (Å²) in [4.78, 5) is 17.1. The van der Waals surface area contributed by atoms with E-state index in [-0.39, 0.29) is 19.4 Å². The average Bonchev–Trinajstić information content (AvgIpc) is 1.80. The Kier molecular flexibility index (Phi) is 4.13. The first kappa shape index (κ1) is 10.1. The lowest BCUT2D eigenvalue weighted by atomic mass is 10.2. The van der Waals surface area contributed by atoms with Crippen molar-refractivity contribution in [1.29, 1.82) is 0 Å². The topological polar surface area (TPSA) is 77.8 Å². The summed E-state index contributed by atoms with van der Waals surface area (Å²) in [6.07, 6.45) is 0.276. The molecule has 0 aromatic heterocycles. The molecule has 0 aliphatic carbocycles. The van der Waals surface area contributed by atoms with Crippen molar-refractivity contribution in [2.45, 2.75) is 18.5 Å². The van der Waals surface area contributed by atoms with E-state index in [1.807, 2.05) is 0 Å². The van der Waals surface area contributed by atoms with Crippen molar-refractivity contribution in [1.82, 2.24) is 0 Å². The van der Waals surface area contributed by atoms with Crippen LogP contribution in [-0.4, -0.2) is 27.2 Å². The van der Waals surface area contributed by atoms with Crippen LogP contribution in [0.25, 0.3) is 0 Å². The Bertz CT molecular complexity index is 130. The maximum absolute atomic E-state index is 10.5. The maximum atomic E-state index is 10.5. The minimum absolute atomic E-state index is 0.119. The van der Waals surface area contributed by atoms with Crippen molar-refractivity contribution in [3.63, 3.8) is 0 Å². The molecular formula is C5H12O4P. The fraction of sp³-hybridized carbons (Fsp3) is 0.800. The molecular weight excluding hydrogens is 155 g/mol. The Morgan fingerprint density at radius 2 is 2.00 bits per heavy atom. The summed E-state index contributed by atoms with van der Waals surface area (Å²) in [5.74, 6) is 0. The third-order valence-corrected chi connectivity index (χ3v) is 2.74. The normalized spacial score (nSPS) is 15.2. The van der Waals surface area contributed by atoms with Gasteiger partial charge in [-0.2, -0.15) is 0 Å². The molecule has 5 heteroatoms. The summed E-state index contributed by atoms with van der Waals surface area (Å²) in [6.45, 7) is 3.16. The van der Waals surface area contributed by atoms with Crippen molar-refractivity contribution >= 4 is 7.60 Å². The van der Waals surface area contributed by atoms with Crippen LogP contribution in [0.1, 0.15) is 12.8 Å². The summed E-state index contributed by atoms with van der Waals surface area (Å²) in [5.41, 5.74) is -0.780. The van der Waals surface area contributed by atoms with E-state index in [2.05, 4.69) is 6.92 Å². The zero-order valence-corrected chi connectivity index (χ0v) is 6.50. The summed E-state index contributed by atoms with van der Waals surface area (Å²) >= 11 is 0. The Balaban J connectivity index is 3.94. The van der Waals surface area contributed by atoms with E-state index in [1.54, 1.807) is 0 Å². The van der Waals surface area contributed by atoms with Gasteiger partial charge in [-0.25, -0.2) is 0 Å². The molecule has 0 saturated heterocycles. The Morgan fingerprint density at radius 1 is 1.50 bits per heavy atom. The molecule has 0 heterocycles. The molecule has 61 valence electrons. The number of aliphatic hydroxyl groups excluding tert-OH is 1. The van der Waals surface area contributed by atoms with Gasteiger partial charge in [0.2, 0.25) is 0 Å². The van der Waals surface area contributed by atoms with E-state index in [4.69, 9.17) is 14.9 Å². The molecule has 0 amide bonds. The molecule has 1 atom stereocenters. The molecule has 0 bridgehead atoms. The number of rotatable bonds is 4. The molecule has 10 heavy (non-hydrogen) atoms. The van der Waals surface area contributed by atoms with Crippen LogP contribution < -0.4 is 0 Å². The molecule has 3 N–H and O–H groups in total.